The Morgan fingerprint density at radius 1 is 1.19 bits per heavy atom. The first-order valence-electron chi connectivity index (χ1n) is 6.31. The first kappa shape index (κ1) is 13.9. The van der Waals surface area contributed by atoms with Crippen LogP contribution < -0.4 is 0 Å². The van der Waals surface area contributed by atoms with Crippen LogP contribution in [0.4, 0.5) is 0 Å². The van der Waals surface area contributed by atoms with Gasteiger partial charge in [0.05, 0.1) is 22.7 Å². The van der Waals surface area contributed by atoms with Crippen molar-refractivity contribution in [3.8, 4) is 11.3 Å². The molecular formula is C15H12N2O2S2. The molecular weight excluding hydrogens is 304 g/mol. The number of aryl methyl sites for hydroxylation is 1. The van der Waals surface area contributed by atoms with E-state index in [1.54, 1.807) is 40.9 Å². The number of carboxylic acid groups (broad SMARTS) is 1. The molecule has 2 aromatic heterocycles. The minimum absolute atomic E-state index is 0.276. The van der Waals surface area contributed by atoms with Crippen LogP contribution in [0.5, 0.6) is 0 Å². The Kier molecular flexibility index (Phi) is 3.81. The lowest BCUT2D eigenvalue weighted by Gasteiger charge is -1.98. The van der Waals surface area contributed by atoms with Gasteiger partial charge < -0.3 is 5.11 Å². The average molecular weight is 316 g/mol. The normalized spacial score (nSPS) is 10.7. The van der Waals surface area contributed by atoms with Gasteiger partial charge in [0.25, 0.3) is 0 Å². The standard InChI is InChI=1S/C15H12N2O2S2/c1-9-7-20-13(16-9)6-14-17-12(8-21-14)10-3-2-4-11(5-10)15(18)19/h2-5,7-8H,6H2,1H3,(H,18,19). The van der Waals surface area contributed by atoms with E-state index in [-0.39, 0.29) is 5.56 Å². The fourth-order valence-corrected chi connectivity index (χ4v) is 3.62. The molecule has 0 spiro atoms. The number of benzene rings is 1. The van der Waals surface area contributed by atoms with Crippen molar-refractivity contribution in [2.75, 3.05) is 0 Å². The lowest BCUT2D eigenvalue weighted by atomic mass is 10.1. The molecule has 0 amide bonds. The molecule has 0 radical (unpaired) electrons. The van der Waals surface area contributed by atoms with E-state index in [2.05, 4.69) is 9.97 Å². The van der Waals surface area contributed by atoms with Gasteiger partial charge in [-0.05, 0) is 19.1 Å². The minimum Gasteiger partial charge on any atom is -0.478 e. The van der Waals surface area contributed by atoms with Crippen molar-refractivity contribution in [1.29, 1.82) is 0 Å². The topological polar surface area (TPSA) is 63.1 Å². The molecule has 21 heavy (non-hydrogen) atoms. The summed E-state index contributed by atoms with van der Waals surface area (Å²) in [6.07, 6.45) is 0.724. The molecule has 0 bridgehead atoms. The quantitative estimate of drug-likeness (QED) is 0.794. The SMILES string of the molecule is Cc1csc(Cc2nc(-c3cccc(C(=O)O)c3)cs2)n1. The molecule has 4 nitrogen and oxygen atoms in total. The van der Waals surface area contributed by atoms with E-state index in [0.29, 0.717) is 0 Å². The summed E-state index contributed by atoms with van der Waals surface area (Å²) in [6, 6.07) is 6.84. The molecule has 1 N–H and O–H groups in total. The van der Waals surface area contributed by atoms with Crippen LogP contribution in [0.25, 0.3) is 11.3 Å². The van der Waals surface area contributed by atoms with Crippen LogP contribution in [0.3, 0.4) is 0 Å². The third-order valence-electron chi connectivity index (χ3n) is 2.93. The van der Waals surface area contributed by atoms with Crippen molar-refractivity contribution < 1.29 is 9.90 Å². The Morgan fingerprint density at radius 3 is 2.67 bits per heavy atom. The molecule has 106 valence electrons. The molecule has 6 heteroatoms. The third-order valence-corrected chi connectivity index (χ3v) is 4.74. The summed E-state index contributed by atoms with van der Waals surface area (Å²) in [4.78, 5) is 20.0. The maximum atomic E-state index is 11.0. The summed E-state index contributed by atoms with van der Waals surface area (Å²) in [7, 11) is 0. The van der Waals surface area contributed by atoms with Gasteiger partial charge in [-0.2, -0.15) is 0 Å². The smallest absolute Gasteiger partial charge is 0.335 e. The summed E-state index contributed by atoms with van der Waals surface area (Å²) in [6.45, 7) is 1.98. The van der Waals surface area contributed by atoms with Gasteiger partial charge >= 0.3 is 5.97 Å². The highest BCUT2D eigenvalue weighted by molar-refractivity contribution is 7.11. The van der Waals surface area contributed by atoms with Crippen LogP contribution in [0.1, 0.15) is 26.1 Å². The summed E-state index contributed by atoms with van der Waals surface area (Å²) in [5.74, 6) is -0.925. The van der Waals surface area contributed by atoms with Crippen LogP contribution >= 0.6 is 22.7 Å². The van der Waals surface area contributed by atoms with Crippen LogP contribution in [0.15, 0.2) is 35.0 Å². The van der Waals surface area contributed by atoms with Crippen molar-refractivity contribution in [3.63, 3.8) is 0 Å². The molecule has 3 rings (SSSR count). The van der Waals surface area contributed by atoms with Gasteiger partial charge in [-0.3, -0.25) is 0 Å². The highest BCUT2D eigenvalue weighted by Gasteiger charge is 2.09. The van der Waals surface area contributed by atoms with Crippen molar-refractivity contribution >= 4 is 28.6 Å². The van der Waals surface area contributed by atoms with Gasteiger partial charge in [0, 0.05) is 22.0 Å². The summed E-state index contributed by atoms with van der Waals surface area (Å²) < 4.78 is 0. The zero-order valence-corrected chi connectivity index (χ0v) is 12.9. The van der Waals surface area contributed by atoms with Crippen molar-refractivity contribution in [1.82, 2.24) is 9.97 Å². The van der Waals surface area contributed by atoms with Crippen LogP contribution in [0.2, 0.25) is 0 Å². The zero-order chi connectivity index (χ0) is 14.8. The Morgan fingerprint density at radius 2 is 1.95 bits per heavy atom. The number of hydrogen-bond acceptors (Lipinski definition) is 5. The van der Waals surface area contributed by atoms with E-state index in [9.17, 15) is 4.79 Å². The Balaban J connectivity index is 1.84. The monoisotopic (exact) mass is 316 g/mol. The number of thiazole rings is 2. The maximum Gasteiger partial charge on any atom is 0.335 e. The number of aromatic nitrogens is 2. The number of rotatable bonds is 4. The number of nitrogens with zero attached hydrogens (tertiary/aromatic N) is 2. The van der Waals surface area contributed by atoms with Crippen LogP contribution in [0, 0.1) is 6.92 Å². The van der Waals surface area contributed by atoms with E-state index in [1.165, 1.54) is 0 Å². The fraction of sp³-hybridized carbons (Fsp3) is 0.133. The largest absolute Gasteiger partial charge is 0.478 e. The molecule has 0 atom stereocenters. The molecule has 1 aromatic carbocycles. The first-order chi connectivity index (χ1) is 10.1. The van der Waals surface area contributed by atoms with Gasteiger partial charge in [0.1, 0.15) is 5.01 Å². The molecule has 0 aliphatic heterocycles. The zero-order valence-electron chi connectivity index (χ0n) is 11.2. The second kappa shape index (κ2) is 5.75. The lowest BCUT2D eigenvalue weighted by molar-refractivity contribution is 0.0697. The number of hydrogen-bond donors (Lipinski definition) is 1. The average Bonchev–Trinajstić information content (AvgIpc) is 3.09. The summed E-state index contributed by atoms with van der Waals surface area (Å²) in [5.41, 5.74) is 2.94. The van der Waals surface area contributed by atoms with E-state index in [4.69, 9.17) is 5.11 Å². The van der Waals surface area contributed by atoms with E-state index < -0.39 is 5.97 Å². The highest BCUT2D eigenvalue weighted by Crippen LogP contribution is 2.25. The van der Waals surface area contributed by atoms with Crippen molar-refractivity contribution in [2.24, 2.45) is 0 Å². The second-order valence-corrected chi connectivity index (χ2v) is 6.46. The predicted octanol–water partition coefficient (Wildman–Crippen LogP) is 3.86. The highest BCUT2D eigenvalue weighted by atomic mass is 32.1. The predicted molar refractivity (Wildman–Crippen MR) is 84.2 cm³/mol. The summed E-state index contributed by atoms with van der Waals surface area (Å²) in [5, 5.41) is 15.1. The second-order valence-electron chi connectivity index (χ2n) is 4.57. The van der Waals surface area contributed by atoms with Gasteiger partial charge in [-0.15, -0.1) is 22.7 Å². The molecule has 0 unspecified atom stereocenters. The van der Waals surface area contributed by atoms with E-state index in [1.807, 2.05) is 23.8 Å². The molecule has 2 heterocycles. The first-order valence-corrected chi connectivity index (χ1v) is 8.07. The number of carbonyl (C=O) groups is 1. The molecule has 0 aliphatic rings. The molecule has 0 saturated carbocycles. The van der Waals surface area contributed by atoms with E-state index >= 15 is 0 Å². The lowest BCUT2D eigenvalue weighted by Crippen LogP contribution is -1.95. The van der Waals surface area contributed by atoms with Crippen LogP contribution in [-0.2, 0) is 6.42 Å². The minimum atomic E-state index is -0.925. The molecule has 0 saturated heterocycles. The van der Waals surface area contributed by atoms with E-state index in [0.717, 1.165) is 33.4 Å². The third kappa shape index (κ3) is 3.17. The number of aromatic carboxylic acids is 1. The van der Waals surface area contributed by atoms with Gasteiger partial charge in [-0.1, -0.05) is 12.1 Å². The van der Waals surface area contributed by atoms with Crippen LogP contribution in [-0.4, -0.2) is 21.0 Å². The van der Waals surface area contributed by atoms with Crippen molar-refractivity contribution in [2.45, 2.75) is 13.3 Å². The Labute approximate surface area is 129 Å². The Bertz CT molecular complexity index is 792. The van der Waals surface area contributed by atoms with Crippen molar-refractivity contribution in [3.05, 3.63) is 56.3 Å². The fourth-order valence-electron chi connectivity index (χ4n) is 1.95. The number of carboxylic acids is 1. The molecule has 3 aromatic rings. The van der Waals surface area contributed by atoms with Gasteiger partial charge in [0.2, 0.25) is 0 Å². The van der Waals surface area contributed by atoms with Gasteiger partial charge in [-0.25, -0.2) is 14.8 Å². The maximum absolute atomic E-state index is 11.0. The molecule has 0 fully saturated rings. The Hall–Kier alpha value is -2.05. The summed E-state index contributed by atoms with van der Waals surface area (Å²) >= 11 is 3.20. The molecule has 0 aliphatic carbocycles. The van der Waals surface area contributed by atoms with Gasteiger partial charge in [0.15, 0.2) is 0 Å².